The maximum absolute atomic E-state index is 5.76. The van der Waals surface area contributed by atoms with Crippen molar-refractivity contribution in [3.63, 3.8) is 0 Å². The van der Waals surface area contributed by atoms with Crippen LogP contribution in [0.1, 0.15) is 29.8 Å². The molecule has 3 rings (SSSR count). The van der Waals surface area contributed by atoms with Gasteiger partial charge in [-0.05, 0) is 49.6 Å². The fraction of sp³-hybridized carbons (Fsp3) is 0.353. The highest BCUT2D eigenvalue weighted by Gasteiger charge is 2.19. The Morgan fingerprint density at radius 3 is 2.65 bits per heavy atom. The Morgan fingerprint density at radius 1 is 1.15 bits per heavy atom. The van der Waals surface area contributed by atoms with Crippen molar-refractivity contribution in [2.45, 2.75) is 39.0 Å². The van der Waals surface area contributed by atoms with Gasteiger partial charge in [-0.15, -0.1) is 0 Å². The number of nitrogens with one attached hydrogen (secondary N) is 1. The van der Waals surface area contributed by atoms with E-state index in [1.54, 1.807) is 0 Å². The molecule has 1 fully saturated rings. The summed E-state index contributed by atoms with van der Waals surface area (Å²) in [5, 5.41) is 3.51. The van der Waals surface area contributed by atoms with E-state index in [-0.39, 0.29) is 0 Å². The fourth-order valence-corrected chi connectivity index (χ4v) is 2.09. The average molecular weight is 268 g/mol. The first-order valence-corrected chi connectivity index (χ1v) is 7.17. The minimum Gasteiger partial charge on any atom is -0.487 e. The largest absolute Gasteiger partial charge is 0.487 e. The zero-order chi connectivity index (χ0) is 13.8. The van der Waals surface area contributed by atoms with E-state index >= 15 is 0 Å². The number of hydrogen-bond donors (Lipinski definition) is 1. The van der Waals surface area contributed by atoms with Crippen molar-refractivity contribution in [3.8, 4) is 5.75 Å². The Bertz CT molecular complexity index is 561. The Labute approximate surface area is 120 Å². The number of aryl methyl sites for hydroxylation is 1. The summed E-state index contributed by atoms with van der Waals surface area (Å²) in [6.45, 7) is 3.46. The number of rotatable bonds is 6. The summed E-state index contributed by atoms with van der Waals surface area (Å²) in [4.78, 5) is 4.43. The van der Waals surface area contributed by atoms with E-state index in [0.717, 1.165) is 29.7 Å². The van der Waals surface area contributed by atoms with Crippen LogP contribution in [0, 0.1) is 6.92 Å². The summed E-state index contributed by atoms with van der Waals surface area (Å²) in [5.74, 6) is 0.892. The van der Waals surface area contributed by atoms with Gasteiger partial charge in [-0.25, -0.2) is 0 Å². The van der Waals surface area contributed by atoms with E-state index in [1.165, 1.54) is 18.4 Å². The van der Waals surface area contributed by atoms with Gasteiger partial charge in [0.15, 0.2) is 0 Å². The normalized spacial score (nSPS) is 14.2. The molecule has 0 amide bonds. The van der Waals surface area contributed by atoms with Gasteiger partial charge in [0.2, 0.25) is 0 Å². The van der Waals surface area contributed by atoms with Gasteiger partial charge < -0.3 is 10.1 Å². The minimum atomic E-state index is 0.515. The third kappa shape index (κ3) is 3.81. The van der Waals surface area contributed by atoms with Crippen LogP contribution < -0.4 is 10.1 Å². The minimum absolute atomic E-state index is 0.515. The lowest BCUT2D eigenvalue weighted by Crippen LogP contribution is -2.15. The summed E-state index contributed by atoms with van der Waals surface area (Å²) >= 11 is 0. The third-order valence-electron chi connectivity index (χ3n) is 3.43. The van der Waals surface area contributed by atoms with E-state index < -0.39 is 0 Å². The quantitative estimate of drug-likeness (QED) is 0.873. The second kappa shape index (κ2) is 6.06. The molecule has 1 aliphatic carbocycles. The van der Waals surface area contributed by atoms with Crippen molar-refractivity contribution >= 4 is 0 Å². The van der Waals surface area contributed by atoms with Crippen LogP contribution in [0.15, 0.2) is 42.5 Å². The number of aromatic nitrogens is 1. The molecule has 3 nitrogen and oxygen atoms in total. The first-order valence-electron chi connectivity index (χ1n) is 7.17. The molecule has 0 atom stereocenters. The monoisotopic (exact) mass is 268 g/mol. The molecule has 1 aliphatic rings. The Kier molecular flexibility index (Phi) is 3.97. The molecule has 3 heteroatoms. The van der Waals surface area contributed by atoms with Crippen LogP contribution in [0.3, 0.4) is 0 Å². The average Bonchev–Trinajstić information content (AvgIpc) is 3.28. The van der Waals surface area contributed by atoms with Gasteiger partial charge >= 0.3 is 0 Å². The molecule has 2 aromatic rings. The molecule has 1 aromatic heterocycles. The maximum Gasteiger partial charge on any atom is 0.130 e. The Balaban J connectivity index is 1.52. The van der Waals surface area contributed by atoms with Crippen LogP contribution in [0.4, 0.5) is 0 Å². The lowest BCUT2D eigenvalue weighted by Gasteiger charge is -2.08. The molecule has 0 saturated heterocycles. The topological polar surface area (TPSA) is 34.1 Å². The molecule has 1 heterocycles. The predicted molar refractivity (Wildman–Crippen MR) is 79.6 cm³/mol. The third-order valence-corrected chi connectivity index (χ3v) is 3.43. The molecule has 104 valence electrons. The molecule has 1 aromatic carbocycles. The molecule has 0 bridgehead atoms. The predicted octanol–water partition coefficient (Wildman–Crippen LogP) is 3.22. The SMILES string of the molecule is Cc1cccc(COc2ccc(CNC3CC3)cc2)n1. The number of hydrogen-bond acceptors (Lipinski definition) is 3. The van der Waals surface area contributed by atoms with Gasteiger partial charge in [0.1, 0.15) is 12.4 Å². The Morgan fingerprint density at radius 2 is 1.95 bits per heavy atom. The lowest BCUT2D eigenvalue weighted by atomic mass is 10.2. The van der Waals surface area contributed by atoms with Crippen molar-refractivity contribution in [1.82, 2.24) is 10.3 Å². The highest BCUT2D eigenvalue weighted by atomic mass is 16.5. The molecular formula is C17H20N2O. The van der Waals surface area contributed by atoms with Crippen molar-refractivity contribution < 1.29 is 4.74 Å². The maximum atomic E-state index is 5.76. The molecule has 0 radical (unpaired) electrons. The summed E-state index contributed by atoms with van der Waals surface area (Å²) in [6, 6.07) is 15.0. The number of pyridine rings is 1. The van der Waals surface area contributed by atoms with Crippen molar-refractivity contribution in [1.29, 1.82) is 0 Å². The smallest absolute Gasteiger partial charge is 0.130 e. The van der Waals surface area contributed by atoms with E-state index in [4.69, 9.17) is 4.74 Å². The van der Waals surface area contributed by atoms with Crippen LogP contribution in [0.25, 0.3) is 0 Å². The molecule has 20 heavy (non-hydrogen) atoms. The molecule has 0 unspecified atom stereocenters. The van der Waals surface area contributed by atoms with Crippen LogP contribution in [0.2, 0.25) is 0 Å². The molecule has 0 spiro atoms. The van der Waals surface area contributed by atoms with Gasteiger partial charge in [-0.1, -0.05) is 18.2 Å². The van der Waals surface area contributed by atoms with Crippen molar-refractivity contribution in [2.75, 3.05) is 0 Å². The van der Waals surface area contributed by atoms with Crippen LogP contribution in [0.5, 0.6) is 5.75 Å². The standard InChI is InChI=1S/C17H20N2O/c1-13-3-2-4-16(19-13)12-20-17-9-5-14(6-10-17)11-18-15-7-8-15/h2-6,9-10,15,18H,7-8,11-12H2,1H3. The highest BCUT2D eigenvalue weighted by Crippen LogP contribution is 2.20. The van der Waals surface area contributed by atoms with Gasteiger partial charge in [-0.2, -0.15) is 0 Å². The first-order chi connectivity index (χ1) is 9.79. The molecular weight excluding hydrogens is 248 g/mol. The summed E-state index contributed by atoms with van der Waals surface area (Å²) < 4.78 is 5.76. The van der Waals surface area contributed by atoms with Crippen molar-refractivity contribution in [2.24, 2.45) is 0 Å². The van der Waals surface area contributed by atoms with Gasteiger partial charge in [-0.3, -0.25) is 4.98 Å². The molecule has 1 saturated carbocycles. The van der Waals surface area contributed by atoms with E-state index in [9.17, 15) is 0 Å². The van der Waals surface area contributed by atoms with Crippen LogP contribution in [-0.4, -0.2) is 11.0 Å². The number of nitrogens with zero attached hydrogens (tertiary/aromatic N) is 1. The van der Waals surface area contributed by atoms with E-state index in [2.05, 4.69) is 22.4 Å². The fourth-order valence-electron chi connectivity index (χ4n) is 2.09. The van der Waals surface area contributed by atoms with Gasteiger partial charge in [0.25, 0.3) is 0 Å². The summed E-state index contributed by atoms with van der Waals surface area (Å²) in [6.07, 6.45) is 2.65. The second-order valence-corrected chi connectivity index (χ2v) is 5.36. The summed E-state index contributed by atoms with van der Waals surface area (Å²) in [5.41, 5.74) is 3.29. The van der Waals surface area contributed by atoms with Gasteiger partial charge in [0.05, 0.1) is 5.69 Å². The number of benzene rings is 1. The lowest BCUT2D eigenvalue weighted by molar-refractivity contribution is 0.301. The Hall–Kier alpha value is -1.87. The first kappa shape index (κ1) is 13.1. The number of ether oxygens (including phenoxy) is 1. The highest BCUT2D eigenvalue weighted by molar-refractivity contribution is 5.27. The zero-order valence-electron chi connectivity index (χ0n) is 11.8. The zero-order valence-corrected chi connectivity index (χ0v) is 11.8. The van der Waals surface area contributed by atoms with Gasteiger partial charge in [0, 0.05) is 18.3 Å². The van der Waals surface area contributed by atoms with Crippen LogP contribution >= 0.6 is 0 Å². The van der Waals surface area contributed by atoms with Crippen molar-refractivity contribution in [3.05, 3.63) is 59.4 Å². The summed E-state index contributed by atoms with van der Waals surface area (Å²) in [7, 11) is 0. The van der Waals surface area contributed by atoms with E-state index in [1.807, 2.05) is 37.3 Å². The van der Waals surface area contributed by atoms with E-state index in [0.29, 0.717) is 6.61 Å². The molecule has 0 aliphatic heterocycles. The molecule has 1 N–H and O–H groups in total. The second-order valence-electron chi connectivity index (χ2n) is 5.36. The van der Waals surface area contributed by atoms with Crippen LogP contribution in [-0.2, 0) is 13.2 Å².